The van der Waals surface area contributed by atoms with Crippen molar-refractivity contribution in [1.29, 1.82) is 0 Å². The molecule has 0 aliphatic rings. The average molecular weight is 819 g/mol. The van der Waals surface area contributed by atoms with Crippen LogP contribution in [0.2, 0.25) is 0 Å². The van der Waals surface area contributed by atoms with Crippen molar-refractivity contribution >= 4 is 5.97 Å². The summed E-state index contributed by atoms with van der Waals surface area (Å²) in [5.41, 5.74) is 0. The standard InChI is InChI=1S/C54H106O4/c1-3-5-7-9-11-13-15-17-19-21-23-25-26-27-28-29-30-32-34-36-38-40-42-44-46-48-50-57-52-53(51-55)58-54(56)49-47-45-43-41-39-37-35-33-31-24-22-20-18-16-14-12-10-8-6-4-2/h21,23,53,55H,3-20,22,24-52H2,1-2H3/b23-21-. The molecule has 346 valence electrons. The van der Waals surface area contributed by atoms with E-state index in [0.717, 1.165) is 19.3 Å². The highest BCUT2D eigenvalue weighted by Crippen LogP contribution is 2.17. The minimum absolute atomic E-state index is 0.164. The molecule has 0 fully saturated rings. The van der Waals surface area contributed by atoms with Crippen LogP contribution in [0, 0.1) is 0 Å². The predicted molar refractivity (Wildman–Crippen MR) is 256 cm³/mol. The van der Waals surface area contributed by atoms with Crippen LogP contribution in [0.15, 0.2) is 12.2 Å². The lowest BCUT2D eigenvalue weighted by molar-refractivity contribution is -0.154. The number of ether oxygens (including phenoxy) is 2. The van der Waals surface area contributed by atoms with Gasteiger partial charge in [0.25, 0.3) is 0 Å². The zero-order valence-corrected chi connectivity index (χ0v) is 39.8. The molecule has 4 nitrogen and oxygen atoms in total. The van der Waals surface area contributed by atoms with Gasteiger partial charge in [-0.3, -0.25) is 4.79 Å². The highest BCUT2D eigenvalue weighted by molar-refractivity contribution is 5.69. The van der Waals surface area contributed by atoms with Gasteiger partial charge in [-0.25, -0.2) is 0 Å². The molecule has 0 aromatic heterocycles. The molecular weight excluding hydrogens is 713 g/mol. The third-order valence-electron chi connectivity index (χ3n) is 12.3. The first kappa shape index (κ1) is 57.1. The van der Waals surface area contributed by atoms with Crippen LogP contribution in [0.5, 0.6) is 0 Å². The molecule has 0 amide bonds. The lowest BCUT2D eigenvalue weighted by Gasteiger charge is -2.16. The molecule has 0 saturated carbocycles. The number of esters is 1. The Morgan fingerprint density at radius 1 is 0.397 bits per heavy atom. The molecule has 0 heterocycles. The first-order chi connectivity index (χ1) is 28.7. The zero-order valence-electron chi connectivity index (χ0n) is 39.8. The predicted octanol–water partition coefficient (Wildman–Crippen LogP) is 18.1. The molecular formula is C54H106O4. The molecule has 0 radical (unpaired) electrons. The van der Waals surface area contributed by atoms with Gasteiger partial charge in [0.1, 0.15) is 6.10 Å². The van der Waals surface area contributed by atoms with Crippen molar-refractivity contribution in [1.82, 2.24) is 0 Å². The van der Waals surface area contributed by atoms with Gasteiger partial charge in [-0.1, -0.05) is 270 Å². The SMILES string of the molecule is CCCCCCCCCC/C=C\CCCCCCCCCCCCCCCCOCC(CO)OC(=O)CCCCCCCCCCCCCCCCCCCCCC. The Bertz CT molecular complexity index is 781. The Morgan fingerprint density at radius 2 is 0.672 bits per heavy atom. The molecule has 1 atom stereocenters. The van der Waals surface area contributed by atoms with E-state index in [2.05, 4.69) is 26.0 Å². The van der Waals surface area contributed by atoms with Gasteiger partial charge in [0, 0.05) is 13.0 Å². The van der Waals surface area contributed by atoms with Crippen LogP contribution < -0.4 is 0 Å². The lowest BCUT2D eigenvalue weighted by atomic mass is 10.0. The maximum Gasteiger partial charge on any atom is 0.306 e. The van der Waals surface area contributed by atoms with Crippen molar-refractivity contribution in [2.75, 3.05) is 19.8 Å². The fourth-order valence-electron chi connectivity index (χ4n) is 8.33. The lowest BCUT2D eigenvalue weighted by Crippen LogP contribution is -2.27. The minimum atomic E-state index is -0.529. The van der Waals surface area contributed by atoms with E-state index in [-0.39, 0.29) is 12.6 Å². The molecule has 0 saturated heterocycles. The molecule has 0 aromatic carbocycles. The van der Waals surface area contributed by atoms with Crippen molar-refractivity contribution in [2.24, 2.45) is 0 Å². The third kappa shape index (κ3) is 49.5. The van der Waals surface area contributed by atoms with Crippen molar-refractivity contribution in [3.63, 3.8) is 0 Å². The quantitative estimate of drug-likeness (QED) is 0.0377. The van der Waals surface area contributed by atoms with Crippen LogP contribution in [0.3, 0.4) is 0 Å². The number of hydrogen-bond acceptors (Lipinski definition) is 4. The Morgan fingerprint density at radius 3 is 0.983 bits per heavy atom. The number of unbranched alkanes of at least 4 members (excludes halogenated alkanes) is 41. The van der Waals surface area contributed by atoms with E-state index in [9.17, 15) is 9.90 Å². The fourth-order valence-corrected chi connectivity index (χ4v) is 8.33. The molecule has 1 unspecified atom stereocenters. The number of aliphatic hydroxyl groups excluding tert-OH is 1. The van der Waals surface area contributed by atoms with E-state index in [1.165, 1.54) is 263 Å². The first-order valence-corrected chi connectivity index (χ1v) is 26.8. The van der Waals surface area contributed by atoms with Crippen molar-refractivity contribution < 1.29 is 19.4 Å². The zero-order chi connectivity index (χ0) is 41.9. The van der Waals surface area contributed by atoms with Gasteiger partial charge in [-0.05, 0) is 38.5 Å². The summed E-state index contributed by atoms with van der Waals surface area (Å²) < 4.78 is 11.2. The van der Waals surface area contributed by atoms with E-state index < -0.39 is 6.10 Å². The highest BCUT2D eigenvalue weighted by Gasteiger charge is 2.13. The number of hydrogen-bond donors (Lipinski definition) is 1. The summed E-state index contributed by atoms with van der Waals surface area (Å²) in [5, 5.41) is 9.66. The largest absolute Gasteiger partial charge is 0.457 e. The number of aliphatic hydroxyl groups is 1. The molecule has 0 aliphatic carbocycles. The number of rotatable bonds is 51. The molecule has 4 heteroatoms. The average Bonchev–Trinajstić information content (AvgIpc) is 3.23. The van der Waals surface area contributed by atoms with E-state index in [1.807, 2.05) is 0 Å². The van der Waals surface area contributed by atoms with Crippen LogP contribution >= 0.6 is 0 Å². The van der Waals surface area contributed by atoms with Crippen LogP contribution in [0.4, 0.5) is 0 Å². The van der Waals surface area contributed by atoms with Crippen LogP contribution in [0.1, 0.15) is 303 Å². The Hall–Kier alpha value is -0.870. The first-order valence-electron chi connectivity index (χ1n) is 26.8. The maximum absolute atomic E-state index is 12.3. The summed E-state index contributed by atoms with van der Waals surface area (Å²) in [6, 6.07) is 0. The molecule has 0 rings (SSSR count). The maximum atomic E-state index is 12.3. The number of carbonyl (C=O) groups is 1. The second-order valence-electron chi connectivity index (χ2n) is 18.3. The van der Waals surface area contributed by atoms with Gasteiger partial charge in [-0.2, -0.15) is 0 Å². The van der Waals surface area contributed by atoms with Crippen molar-refractivity contribution in [2.45, 2.75) is 309 Å². The molecule has 1 N–H and O–H groups in total. The van der Waals surface area contributed by atoms with Crippen LogP contribution in [0.25, 0.3) is 0 Å². The Labute approximate surface area is 365 Å². The van der Waals surface area contributed by atoms with Gasteiger partial charge < -0.3 is 14.6 Å². The van der Waals surface area contributed by atoms with E-state index >= 15 is 0 Å². The van der Waals surface area contributed by atoms with E-state index in [1.54, 1.807) is 0 Å². The van der Waals surface area contributed by atoms with Gasteiger partial charge >= 0.3 is 5.97 Å². The summed E-state index contributed by atoms with van der Waals surface area (Å²) in [7, 11) is 0. The van der Waals surface area contributed by atoms with Gasteiger partial charge in [0.15, 0.2) is 0 Å². The van der Waals surface area contributed by atoms with E-state index in [4.69, 9.17) is 9.47 Å². The molecule has 58 heavy (non-hydrogen) atoms. The second kappa shape index (κ2) is 52.3. The van der Waals surface area contributed by atoms with Crippen molar-refractivity contribution in [3.05, 3.63) is 12.2 Å². The Kier molecular flexibility index (Phi) is 51.5. The molecule has 0 spiro atoms. The van der Waals surface area contributed by atoms with Crippen LogP contribution in [-0.2, 0) is 14.3 Å². The Balaban J connectivity index is 3.33. The summed E-state index contributed by atoms with van der Waals surface area (Å²) in [5.74, 6) is -0.192. The monoisotopic (exact) mass is 819 g/mol. The second-order valence-corrected chi connectivity index (χ2v) is 18.3. The molecule has 0 bridgehead atoms. The third-order valence-corrected chi connectivity index (χ3v) is 12.3. The van der Waals surface area contributed by atoms with Crippen molar-refractivity contribution in [3.8, 4) is 0 Å². The van der Waals surface area contributed by atoms with E-state index in [0.29, 0.717) is 19.6 Å². The highest BCUT2D eigenvalue weighted by atomic mass is 16.6. The molecule has 0 aromatic rings. The summed E-state index contributed by atoms with van der Waals surface area (Å²) in [4.78, 5) is 12.3. The minimum Gasteiger partial charge on any atom is -0.457 e. The van der Waals surface area contributed by atoms with Gasteiger partial charge in [0.2, 0.25) is 0 Å². The number of carbonyl (C=O) groups excluding carboxylic acids is 1. The van der Waals surface area contributed by atoms with Crippen LogP contribution in [-0.4, -0.2) is 37.0 Å². The van der Waals surface area contributed by atoms with Gasteiger partial charge in [-0.15, -0.1) is 0 Å². The summed E-state index contributed by atoms with van der Waals surface area (Å²) >= 11 is 0. The molecule has 0 aliphatic heterocycles. The number of allylic oxidation sites excluding steroid dienone is 2. The smallest absolute Gasteiger partial charge is 0.306 e. The summed E-state index contributed by atoms with van der Waals surface area (Å²) in [6.07, 6.45) is 64.6. The summed E-state index contributed by atoms with van der Waals surface area (Å²) in [6.45, 7) is 5.41. The topological polar surface area (TPSA) is 55.8 Å². The normalized spacial score (nSPS) is 12.3. The van der Waals surface area contributed by atoms with Gasteiger partial charge in [0.05, 0.1) is 13.2 Å². The fraction of sp³-hybridized carbons (Fsp3) is 0.944.